The van der Waals surface area contributed by atoms with Crippen molar-refractivity contribution in [1.82, 2.24) is 0 Å². The smallest absolute Gasteiger partial charge is 0.310 e. The van der Waals surface area contributed by atoms with Crippen LogP contribution in [0.25, 0.3) is 0 Å². The molecule has 1 N–H and O–H groups in total. The first-order chi connectivity index (χ1) is 26.9. The molecule has 55 heavy (non-hydrogen) atoms. The molecule has 1 aliphatic rings. The Balaban J connectivity index is 2.33. The van der Waals surface area contributed by atoms with E-state index in [1.807, 2.05) is 0 Å². The van der Waals surface area contributed by atoms with Gasteiger partial charge in [-0.15, -0.1) is 0 Å². The summed E-state index contributed by atoms with van der Waals surface area (Å²) in [7, 11) is 0. The van der Waals surface area contributed by atoms with Crippen LogP contribution >= 0.6 is 0 Å². The Morgan fingerprint density at radius 3 is 1.38 bits per heavy atom. The second-order valence-corrected chi connectivity index (χ2v) is 15.6. The molecule has 0 aromatic rings. The molecule has 0 bridgehead atoms. The van der Waals surface area contributed by atoms with Gasteiger partial charge in [0.2, 0.25) is 0 Å². The number of carboxylic acid groups (broad SMARTS) is 1. The molecule has 0 spiro atoms. The SMILES string of the molecule is CCCCCC=CCC=CCCCCCCCC(=O)OCC(COC(=O)CCCCCCCC=CCCCCCCCC)OC(=O)C1CCCCC1C(=O)O. The summed E-state index contributed by atoms with van der Waals surface area (Å²) in [5, 5.41) is 9.65. The lowest BCUT2D eigenvalue weighted by Crippen LogP contribution is -2.38. The summed E-state index contributed by atoms with van der Waals surface area (Å²) in [6.45, 7) is 4.02. The zero-order valence-corrected chi connectivity index (χ0v) is 35.1. The fourth-order valence-corrected chi connectivity index (χ4v) is 7.01. The number of carbonyl (C=O) groups excluding carboxylic acids is 3. The van der Waals surface area contributed by atoms with Crippen molar-refractivity contribution in [1.29, 1.82) is 0 Å². The average molecular weight is 773 g/mol. The van der Waals surface area contributed by atoms with Gasteiger partial charge >= 0.3 is 23.9 Å². The fourth-order valence-electron chi connectivity index (χ4n) is 7.01. The minimum absolute atomic E-state index is 0.225. The lowest BCUT2D eigenvalue weighted by Gasteiger charge is -2.28. The van der Waals surface area contributed by atoms with Crippen molar-refractivity contribution in [3.05, 3.63) is 36.5 Å². The number of hydrogen-bond acceptors (Lipinski definition) is 7. The standard InChI is InChI=1S/C47H80O8/c1-3-5-7-9-11-13-15-17-19-21-23-25-27-29-31-37-44(48)53-39-41(55-47(52)43-36-34-33-35-42(43)46(50)51)40-54-45(49)38-32-30-28-26-24-22-20-18-16-14-12-10-8-6-4-2/h11,13,17-20,41-43H,3-10,12,14-16,21-40H2,1-2H3,(H,50,51). The summed E-state index contributed by atoms with van der Waals surface area (Å²) in [5.41, 5.74) is 0. The monoisotopic (exact) mass is 773 g/mol. The van der Waals surface area contributed by atoms with Crippen LogP contribution in [0.15, 0.2) is 36.5 Å². The molecule has 3 unspecified atom stereocenters. The number of aliphatic carboxylic acids is 1. The molecule has 0 heterocycles. The second kappa shape index (κ2) is 36.7. The van der Waals surface area contributed by atoms with Gasteiger partial charge in [-0.05, 0) is 83.5 Å². The molecule has 316 valence electrons. The Bertz CT molecular complexity index is 1060. The number of carboxylic acids is 1. The van der Waals surface area contributed by atoms with E-state index in [2.05, 4.69) is 50.3 Å². The zero-order chi connectivity index (χ0) is 40.0. The molecular formula is C47H80O8. The van der Waals surface area contributed by atoms with E-state index in [9.17, 15) is 24.3 Å². The zero-order valence-electron chi connectivity index (χ0n) is 35.1. The number of allylic oxidation sites excluding steroid dienone is 6. The summed E-state index contributed by atoms with van der Waals surface area (Å²) in [5.74, 6) is -3.96. The largest absolute Gasteiger partial charge is 0.481 e. The van der Waals surface area contributed by atoms with E-state index in [0.717, 1.165) is 96.3 Å². The van der Waals surface area contributed by atoms with E-state index in [-0.39, 0.29) is 38.0 Å². The molecule has 0 aromatic heterocycles. The van der Waals surface area contributed by atoms with Crippen LogP contribution in [0.1, 0.15) is 206 Å². The molecule has 8 nitrogen and oxygen atoms in total. The summed E-state index contributed by atoms with van der Waals surface area (Å²) < 4.78 is 16.6. The van der Waals surface area contributed by atoms with E-state index in [1.165, 1.54) is 70.6 Å². The van der Waals surface area contributed by atoms with Crippen LogP contribution in [0.3, 0.4) is 0 Å². The van der Waals surface area contributed by atoms with Gasteiger partial charge in [0.1, 0.15) is 13.2 Å². The predicted molar refractivity (Wildman–Crippen MR) is 224 cm³/mol. The third-order valence-electron chi connectivity index (χ3n) is 10.5. The minimum Gasteiger partial charge on any atom is -0.481 e. The van der Waals surface area contributed by atoms with E-state index >= 15 is 0 Å². The molecular weight excluding hydrogens is 693 g/mol. The van der Waals surface area contributed by atoms with Crippen LogP contribution in [-0.4, -0.2) is 48.3 Å². The second-order valence-electron chi connectivity index (χ2n) is 15.6. The first kappa shape index (κ1) is 50.1. The number of unbranched alkanes of at least 4 members (excludes halogenated alkanes) is 19. The maximum absolute atomic E-state index is 13.1. The summed E-state index contributed by atoms with van der Waals surface area (Å²) in [4.78, 5) is 50.0. The lowest BCUT2D eigenvalue weighted by molar-refractivity contribution is -0.174. The van der Waals surface area contributed by atoms with Gasteiger partial charge in [-0.1, -0.05) is 147 Å². The molecule has 0 amide bonds. The Labute approximate surface area is 335 Å². The molecule has 1 saturated carbocycles. The number of rotatable bonds is 36. The molecule has 0 saturated heterocycles. The maximum atomic E-state index is 13.1. The normalized spacial score (nSPS) is 16.5. The molecule has 1 aliphatic carbocycles. The highest BCUT2D eigenvalue weighted by Crippen LogP contribution is 2.31. The van der Waals surface area contributed by atoms with Crippen molar-refractivity contribution in [3.63, 3.8) is 0 Å². The van der Waals surface area contributed by atoms with Gasteiger partial charge in [0.15, 0.2) is 6.10 Å². The van der Waals surface area contributed by atoms with Crippen LogP contribution < -0.4 is 0 Å². The minimum atomic E-state index is -1.01. The Kier molecular flexibility index (Phi) is 33.5. The molecule has 0 radical (unpaired) electrons. The summed E-state index contributed by atoms with van der Waals surface area (Å²) in [6.07, 6.45) is 42.9. The molecule has 3 atom stereocenters. The van der Waals surface area contributed by atoms with Crippen molar-refractivity contribution >= 4 is 23.9 Å². The van der Waals surface area contributed by atoms with Gasteiger partial charge < -0.3 is 19.3 Å². The van der Waals surface area contributed by atoms with Crippen LogP contribution in [0, 0.1) is 11.8 Å². The first-order valence-electron chi connectivity index (χ1n) is 22.6. The Hall–Kier alpha value is -2.90. The van der Waals surface area contributed by atoms with Crippen molar-refractivity contribution in [2.24, 2.45) is 11.8 Å². The van der Waals surface area contributed by atoms with Crippen LogP contribution in [-0.2, 0) is 33.4 Å². The van der Waals surface area contributed by atoms with Gasteiger partial charge in [0, 0.05) is 12.8 Å². The van der Waals surface area contributed by atoms with Gasteiger partial charge in [-0.2, -0.15) is 0 Å². The molecule has 1 fully saturated rings. The lowest BCUT2D eigenvalue weighted by atomic mass is 9.79. The highest BCUT2D eigenvalue weighted by atomic mass is 16.6. The first-order valence-corrected chi connectivity index (χ1v) is 22.6. The van der Waals surface area contributed by atoms with Crippen molar-refractivity contribution in [2.45, 2.75) is 213 Å². The predicted octanol–water partition coefficient (Wildman–Crippen LogP) is 12.7. The number of esters is 3. The third kappa shape index (κ3) is 30.0. The third-order valence-corrected chi connectivity index (χ3v) is 10.5. The Morgan fingerprint density at radius 1 is 0.527 bits per heavy atom. The topological polar surface area (TPSA) is 116 Å². The summed E-state index contributed by atoms with van der Waals surface area (Å²) >= 11 is 0. The van der Waals surface area contributed by atoms with Crippen LogP contribution in [0.4, 0.5) is 0 Å². The van der Waals surface area contributed by atoms with Crippen molar-refractivity contribution < 1.29 is 38.5 Å². The van der Waals surface area contributed by atoms with Crippen molar-refractivity contribution in [2.75, 3.05) is 13.2 Å². The van der Waals surface area contributed by atoms with Crippen LogP contribution in [0.5, 0.6) is 0 Å². The van der Waals surface area contributed by atoms with Crippen molar-refractivity contribution in [3.8, 4) is 0 Å². The van der Waals surface area contributed by atoms with E-state index in [1.54, 1.807) is 0 Å². The number of carbonyl (C=O) groups is 4. The summed E-state index contributed by atoms with van der Waals surface area (Å²) in [6, 6.07) is 0. The van der Waals surface area contributed by atoms with Gasteiger partial charge in [0.25, 0.3) is 0 Å². The number of hydrogen-bond donors (Lipinski definition) is 1. The van der Waals surface area contributed by atoms with E-state index < -0.39 is 29.9 Å². The molecule has 1 rings (SSSR count). The van der Waals surface area contributed by atoms with E-state index in [4.69, 9.17) is 14.2 Å². The van der Waals surface area contributed by atoms with Gasteiger partial charge in [0.05, 0.1) is 11.8 Å². The van der Waals surface area contributed by atoms with Gasteiger partial charge in [-0.25, -0.2) is 0 Å². The van der Waals surface area contributed by atoms with Gasteiger partial charge in [-0.3, -0.25) is 19.2 Å². The quantitative estimate of drug-likeness (QED) is 0.0290. The highest BCUT2D eigenvalue weighted by molar-refractivity contribution is 5.81. The van der Waals surface area contributed by atoms with E-state index in [0.29, 0.717) is 12.8 Å². The van der Waals surface area contributed by atoms with Crippen LogP contribution in [0.2, 0.25) is 0 Å². The maximum Gasteiger partial charge on any atom is 0.310 e. The highest BCUT2D eigenvalue weighted by Gasteiger charge is 2.38. The number of ether oxygens (including phenoxy) is 3. The molecule has 8 heteroatoms. The molecule has 0 aliphatic heterocycles. The average Bonchev–Trinajstić information content (AvgIpc) is 3.18. The Morgan fingerprint density at radius 2 is 0.909 bits per heavy atom. The fraction of sp³-hybridized carbons (Fsp3) is 0.787. The molecule has 0 aromatic carbocycles.